The molecule has 25 heavy (non-hydrogen) atoms. The molecule has 0 saturated carbocycles. The first kappa shape index (κ1) is 18.0. The van der Waals surface area contributed by atoms with Gasteiger partial charge in [0.25, 0.3) is 11.8 Å². The fourth-order valence-electron chi connectivity index (χ4n) is 3.15. The lowest BCUT2D eigenvalue weighted by atomic mass is 10.2. The summed E-state index contributed by atoms with van der Waals surface area (Å²) in [5.74, 6) is 0.590. The summed E-state index contributed by atoms with van der Waals surface area (Å²) in [6.07, 6.45) is 0.856. The van der Waals surface area contributed by atoms with E-state index in [0.29, 0.717) is 43.6 Å². The highest BCUT2D eigenvalue weighted by atomic mass is 35.5. The maximum atomic E-state index is 12.5. The van der Waals surface area contributed by atoms with Crippen molar-refractivity contribution in [2.45, 2.75) is 32.0 Å². The van der Waals surface area contributed by atoms with Crippen LogP contribution in [0.25, 0.3) is 0 Å². The summed E-state index contributed by atoms with van der Waals surface area (Å²) in [5, 5.41) is 0.623. The maximum Gasteiger partial charge on any atom is 0.263 e. The minimum atomic E-state index is -0.582. The smallest absolute Gasteiger partial charge is 0.263 e. The summed E-state index contributed by atoms with van der Waals surface area (Å²) in [4.78, 5) is 28.4. The summed E-state index contributed by atoms with van der Waals surface area (Å²) in [7, 11) is 0. The van der Waals surface area contributed by atoms with Crippen LogP contribution in [0.3, 0.4) is 0 Å². The van der Waals surface area contributed by atoms with Crippen LogP contribution in [0.2, 0.25) is 5.02 Å². The number of hydrogen-bond donors (Lipinski definition) is 0. The quantitative estimate of drug-likeness (QED) is 0.817. The zero-order valence-electron chi connectivity index (χ0n) is 14.3. The lowest BCUT2D eigenvalue weighted by Crippen LogP contribution is -2.54. The number of halogens is 1. The van der Waals surface area contributed by atoms with Crippen LogP contribution >= 0.6 is 11.6 Å². The topological polar surface area (TPSA) is 59.1 Å². The Labute approximate surface area is 152 Å². The summed E-state index contributed by atoms with van der Waals surface area (Å²) >= 11 is 5.85. The van der Waals surface area contributed by atoms with Crippen LogP contribution in [0.1, 0.15) is 19.8 Å². The molecule has 0 radical (unpaired) electrons. The van der Waals surface area contributed by atoms with Gasteiger partial charge in [0.1, 0.15) is 11.9 Å². The second kappa shape index (κ2) is 8.06. The number of ether oxygens (including phenoxy) is 2. The Morgan fingerprint density at radius 1 is 1.16 bits per heavy atom. The lowest BCUT2D eigenvalue weighted by Gasteiger charge is -2.36. The van der Waals surface area contributed by atoms with Crippen LogP contribution < -0.4 is 4.74 Å². The molecule has 6 nitrogen and oxygen atoms in total. The van der Waals surface area contributed by atoms with Crippen molar-refractivity contribution < 1.29 is 19.1 Å². The molecule has 0 bridgehead atoms. The van der Waals surface area contributed by atoms with Gasteiger partial charge in [-0.05, 0) is 44.0 Å². The second-order valence-electron chi connectivity index (χ2n) is 6.37. The van der Waals surface area contributed by atoms with E-state index in [1.165, 1.54) is 0 Å². The molecule has 1 aromatic rings. The van der Waals surface area contributed by atoms with Gasteiger partial charge < -0.3 is 19.3 Å². The molecular weight excluding hydrogens is 344 g/mol. The Morgan fingerprint density at radius 3 is 2.40 bits per heavy atom. The van der Waals surface area contributed by atoms with E-state index in [0.717, 1.165) is 12.8 Å². The Bertz CT molecular complexity index is 608. The summed E-state index contributed by atoms with van der Waals surface area (Å²) < 4.78 is 11.1. The van der Waals surface area contributed by atoms with E-state index in [9.17, 15) is 9.59 Å². The molecule has 2 amide bonds. The monoisotopic (exact) mass is 366 g/mol. The van der Waals surface area contributed by atoms with E-state index in [1.54, 1.807) is 41.0 Å². The van der Waals surface area contributed by atoms with Crippen LogP contribution in [0.15, 0.2) is 24.3 Å². The van der Waals surface area contributed by atoms with Crippen molar-refractivity contribution in [2.24, 2.45) is 0 Å². The Kier molecular flexibility index (Phi) is 5.81. The number of hydrogen-bond acceptors (Lipinski definition) is 4. The van der Waals surface area contributed by atoms with Gasteiger partial charge in [-0.25, -0.2) is 0 Å². The van der Waals surface area contributed by atoms with Gasteiger partial charge in [-0.15, -0.1) is 0 Å². The first-order chi connectivity index (χ1) is 12.0. The van der Waals surface area contributed by atoms with E-state index in [2.05, 4.69) is 0 Å². The highest BCUT2D eigenvalue weighted by Gasteiger charge is 2.32. The fourth-order valence-corrected chi connectivity index (χ4v) is 3.27. The Morgan fingerprint density at radius 2 is 1.80 bits per heavy atom. The SMILES string of the molecule is CC(Oc1ccc(Cl)cc1)C(=O)N1CCN(C(=O)C2CCCO2)CC1. The molecule has 7 heteroatoms. The normalized spacial score (nSPS) is 21.9. The summed E-state index contributed by atoms with van der Waals surface area (Å²) in [6.45, 7) is 4.52. The molecule has 0 spiro atoms. The zero-order valence-corrected chi connectivity index (χ0v) is 15.1. The molecule has 2 fully saturated rings. The molecule has 0 N–H and O–H groups in total. The summed E-state index contributed by atoms with van der Waals surface area (Å²) in [6, 6.07) is 6.93. The third-order valence-electron chi connectivity index (χ3n) is 4.58. The molecule has 2 unspecified atom stereocenters. The maximum absolute atomic E-state index is 12.5. The molecule has 2 saturated heterocycles. The highest BCUT2D eigenvalue weighted by Crippen LogP contribution is 2.19. The van der Waals surface area contributed by atoms with E-state index < -0.39 is 6.10 Å². The van der Waals surface area contributed by atoms with Crippen molar-refractivity contribution in [2.75, 3.05) is 32.8 Å². The Hall–Kier alpha value is -1.79. The minimum absolute atomic E-state index is 0.0510. The zero-order chi connectivity index (χ0) is 17.8. The highest BCUT2D eigenvalue weighted by molar-refractivity contribution is 6.30. The van der Waals surface area contributed by atoms with Gasteiger partial charge in [-0.3, -0.25) is 9.59 Å². The van der Waals surface area contributed by atoms with Crippen molar-refractivity contribution >= 4 is 23.4 Å². The Balaban J connectivity index is 1.48. The molecule has 2 heterocycles. The van der Waals surface area contributed by atoms with E-state index in [4.69, 9.17) is 21.1 Å². The molecular formula is C18H23ClN2O4. The number of benzene rings is 1. The van der Waals surface area contributed by atoms with Gasteiger partial charge in [-0.2, -0.15) is 0 Å². The van der Waals surface area contributed by atoms with Crippen LogP contribution in [-0.4, -0.2) is 66.6 Å². The predicted octanol–water partition coefficient (Wildman–Crippen LogP) is 1.96. The van der Waals surface area contributed by atoms with E-state index >= 15 is 0 Å². The first-order valence-corrected chi connectivity index (χ1v) is 9.04. The van der Waals surface area contributed by atoms with Gasteiger partial charge >= 0.3 is 0 Å². The molecule has 0 aliphatic carbocycles. The predicted molar refractivity (Wildman–Crippen MR) is 93.7 cm³/mol. The number of carbonyl (C=O) groups is 2. The lowest BCUT2D eigenvalue weighted by molar-refractivity contribution is -0.148. The number of nitrogens with zero attached hydrogens (tertiary/aromatic N) is 2. The molecule has 0 aromatic heterocycles. The van der Waals surface area contributed by atoms with Crippen LogP contribution in [-0.2, 0) is 14.3 Å². The molecule has 2 atom stereocenters. The number of amides is 2. The van der Waals surface area contributed by atoms with Crippen molar-refractivity contribution in [3.05, 3.63) is 29.3 Å². The van der Waals surface area contributed by atoms with Gasteiger partial charge in [0.05, 0.1) is 0 Å². The number of rotatable bonds is 4. The molecule has 2 aliphatic rings. The average Bonchev–Trinajstić information content (AvgIpc) is 3.17. The molecule has 3 rings (SSSR count). The minimum Gasteiger partial charge on any atom is -0.481 e. The van der Waals surface area contributed by atoms with E-state index in [-0.39, 0.29) is 17.9 Å². The van der Waals surface area contributed by atoms with E-state index in [1.807, 2.05) is 0 Å². The fraction of sp³-hybridized carbons (Fsp3) is 0.556. The third kappa shape index (κ3) is 4.44. The first-order valence-electron chi connectivity index (χ1n) is 8.66. The van der Waals surface area contributed by atoms with Gasteiger partial charge in [0.2, 0.25) is 0 Å². The van der Waals surface area contributed by atoms with Crippen LogP contribution in [0, 0.1) is 0 Å². The number of piperazine rings is 1. The standard InChI is InChI=1S/C18H23ClN2O4/c1-13(25-15-6-4-14(19)5-7-15)17(22)20-8-10-21(11-9-20)18(23)16-3-2-12-24-16/h4-7,13,16H,2-3,8-12H2,1H3. The van der Waals surface area contributed by atoms with Crippen molar-refractivity contribution in [3.8, 4) is 5.75 Å². The van der Waals surface area contributed by atoms with Crippen LogP contribution in [0.5, 0.6) is 5.75 Å². The van der Waals surface area contributed by atoms with Crippen LogP contribution in [0.4, 0.5) is 0 Å². The van der Waals surface area contributed by atoms with Gasteiger partial charge in [0.15, 0.2) is 6.10 Å². The van der Waals surface area contributed by atoms with Gasteiger partial charge in [-0.1, -0.05) is 11.6 Å². The third-order valence-corrected chi connectivity index (χ3v) is 4.83. The van der Waals surface area contributed by atoms with Crippen molar-refractivity contribution in [3.63, 3.8) is 0 Å². The summed E-state index contributed by atoms with van der Waals surface area (Å²) in [5.41, 5.74) is 0. The average molecular weight is 367 g/mol. The molecule has 136 valence electrons. The van der Waals surface area contributed by atoms with Crippen molar-refractivity contribution in [1.82, 2.24) is 9.80 Å². The van der Waals surface area contributed by atoms with Gasteiger partial charge in [0, 0.05) is 37.8 Å². The largest absolute Gasteiger partial charge is 0.481 e. The molecule has 1 aromatic carbocycles. The molecule has 2 aliphatic heterocycles. The second-order valence-corrected chi connectivity index (χ2v) is 6.80. The van der Waals surface area contributed by atoms with Crippen molar-refractivity contribution in [1.29, 1.82) is 0 Å². The number of carbonyl (C=O) groups excluding carboxylic acids is 2.